The summed E-state index contributed by atoms with van der Waals surface area (Å²) >= 11 is 3.53. The Balaban J connectivity index is 2.11. The van der Waals surface area contributed by atoms with Crippen molar-refractivity contribution in [3.8, 4) is 0 Å². The zero-order valence-corrected chi connectivity index (χ0v) is 13.0. The van der Waals surface area contributed by atoms with Crippen molar-refractivity contribution < 1.29 is 4.42 Å². The number of furan rings is 1. The molecule has 2 rings (SSSR count). The summed E-state index contributed by atoms with van der Waals surface area (Å²) < 4.78 is 6.32. The van der Waals surface area contributed by atoms with Gasteiger partial charge in [0.05, 0.1) is 6.26 Å². The maximum Gasteiger partial charge on any atom is 0.173 e. The van der Waals surface area contributed by atoms with Crippen molar-refractivity contribution in [1.29, 1.82) is 0 Å². The Labute approximate surface area is 119 Å². The van der Waals surface area contributed by atoms with E-state index in [2.05, 4.69) is 41.2 Å². The zero-order valence-electron chi connectivity index (χ0n) is 11.4. The standard InChI is InChI=1S/C15H24BrNO/c1-3-8-17-14(13-7-9-18-15(13)16)12-6-4-5-11(2)10-12/h7,9,11-12,14,17H,3-6,8,10H2,1-2H3. The molecule has 3 heteroatoms. The second kappa shape index (κ2) is 6.76. The monoisotopic (exact) mass is 313 g/mol. The molecule has 0 aromatic carbocycles. The zero-order chi connectivity index (χ0) is 13.0. The lowest BCUT2D eigenvalue weighted by Crippen LogP contribution is -2.31. The van der Waals surface area contributed by atoms with Gasteiger partial charge in [0.1, 0.15) is 0 Å². The van der Waals surface area contributed by atoms with E-state index in [4.69, 9.17) is 4.42 Å². The van der Waals surface area contributed by atoms with Crippen LogP contribution in [0.25, 0.3) is 0 Å². The van der Waals surface area contributed by atoms with Crippen molar-refractivity contribution >= 4 is 15.9 Å². The highest BCUT2D eigenvalue weighted by atomic mass is 79.9. The molecule has 1 fully saturated rings. The minimum atomic E-state index is 0.445. The Hall–Kier alpha value is -0.280. The van der Waals surface area contributed by atoms with Gasteiger partial charge in [-0.25, -0.2) is 0 Å². The van der Waals surface area contributed by atoms with Gasteiger partial charge in [0.25, 0.3) is 0 Å². The van der Waals surface area contributed by atoms with Crippen LogP contribution in [0, 0.1) is 11.8 Å². The summed E-state index contributed by atoms with van der Waals surface area (Å²) in [6.07, 6.45) is 8.39. The van der Waals surface area contributed by atoms with E-state index in [1.807, 2.05) is 0 Å². The third-order valence-electron chi connectivity index (χ3n) is 4.04. The average molecular weight is 314 g/mol. The molecular formula is C15H24BrNO. The summed E-state index contributed by atoms with van der Waals surface area (Å²) in [5.74, 6) is 1.61. The fraction of sp³-hybridized carbons (Fsp3) is 0.733. The number of halogens is 1. The van der Waals surface area contributed by atoms with E-state index in [9.17, 15) is 0 Å². The van der Waals surface area contributed by atoms with Crippen LogP contribution in [-0.2, 0) is 0 Å². The SMILES string of the molecule is CCCNC(c1ccoc1Br)C1CCCC(C)C1. The molecule has 1 aliphatic carbocycles. The summed E-state index contributed by atoms with van der Waals surface area (Å²) in [7, 11) is 0. The second-order valence-electron chi connectivity index (χ2n) is 5.61. The fourth-order valence-corrected chi connectivity index (χ4v) is 3.63. The molecule has 0 radical (unpaired) electrons. The lowest BCUT2D eigenvalue weighted by atomic mass is 9.77. The molecule has 0 saturated heterocycles. The number of rotatable bonds is 5. The summed E-state index contributed by atoms with van der Waals surface area (Å²) in [4.78, 5) is 0. The molecule has 0 bridgehead atoms. The van der Waals surface area contributed by atoms with Gasteiger partial charge in [0.15, 0.2) is 4.67 Å². The van der Waals surface area contributed by atoms with Crippen LogP contribution in [0.3, 0.4) is 0 Å². The number of hydrogen-bond acceptors (Lipinski definition) is 2. The Kier molecular flexibility index (Phi) is 5.31. The van der Waals surface area contributed by atoms with Gasteiger partial charge in [-0.15, -0.1) is 0 Å². The van der Waals surface area contributed by atoms with E-state index in [1.165, 1.54) is 37.7 Å². The van der Waals surface area contributed by atoms with E-state index in [-0.39, 0.29) is 0 Å². The van der Waals surface area contributed by atoms with Crippen LogP contribution in [0.15, 0.2) is 21.4 Å². The first-order valence-corrected chi connectivity index (χ1v) is 7.98. The van der Waals surface area contributed by atoms with Gasteiger partial charge in [-0.3, -0.25) is 0 Å². The van der Waals surface area contributed by atoms with Crippen molar-refractivity contribution in [2.75, 3.05) is 6.54 Å². The predicted octanol–water partition coefficient (Wildman–Crippen LogP) is 4.91. The van der Waals surface area contributed by atoms with Crippen LogP contribution in [-0.4, -0.2) is 6.54 Å². The Bertz CT molecular complexity index is 363. The van der Waals surface area contributed by atoms with Crippen LogP contribution in [0.4, 0.5) is 0 Å². The first kappa shape index (κ1) is 14.1. The first-order chi connectivity index (χ1) is 8.72. The van der Waals surface area contributed by atoms with Crippen LogP contribution >= 0.6 is 15.9 Å². The number of hydrogen-bond donors (Lipinski definition) is 1. The molecule has 1 aromatic heterocycles. The molecule has 1 aliphatic rings. The van der Waals surface area contributed by atoms with E-state index >= 15 is 0 Å². The predicted molar refractivity (Wildman–Crippen MR) is 78.6 cm³/mol. The summed E-state index contributed by atoms with van der Waals surface area (Å²) in [5, 5.41) is 3.71. The average Bonchev–Trinajstić information content (AvgIpc) is 2.77. The van der Waals surface area contributed by atoms with Crippen molar-refractivity contribution in [3.05, 3.63) is 22.6 Å². The molecule has 3 atom stereocenters. The molecule has 1 N–H and O–H groups in total. The third-order valence-corrected chi connectivity index (χ3v) is 4.69. The van der Waals surface area contributed by atoms with Crippen LogP contribution in [0.2, 0.25) is 0 Å². The second-order valence-corrected chi connectivity index (χ2v) is 6.33. The topological polar surface area (TPSA) is 25.2 Å². The molecule has 102 valence electrons. The molecule has 0 spiro atoms. The first-order valence-electron chi connectivity index (χ1n) is 7.18. The highest BCUT2D eigenvalue weighted by Crippen LogP contribution is 2.39. The molecule has 1 aromatic rings. The third kappa shape index (κ3) is 3.39. The minimum absolute atomic E-state index is 0.445. The van der Waals surface area contributed by atoms with E-state index in [0.717, 1.165) is 23.1 Å². The maximum atomic E-state index is 5.42. The largest absolute Gasteiger partial charge is 0.457 e. The quantitative estimate of drug-likeness (QED) is 0.835. The molecule has 3 unspecified atom stereocenters. The van der Waals surface area contributed by atoms with Gasteiger partial charge < -0.3 is 9.73 Å². The lowest BCUT2D eigenvalue weighted by Gasteiger charge is -2.33. The van der Waals surface area contributed by atoms with E-state index < -0.39 is 0 Å². The Morgan fingerprint density at radius 1 is 1.50 bits per heavy atom. The Morgan fingerprint density at radius 2 is 2.33 bits per heavy atom. The highest BCUT2D eigenvalue weighted by molar-refractivity contribution is 9.10. The minimum Gasteiger partial charge on any atom is -0.457 e. The summed E-state index contributed by atoms with van der Waals surface area (Å²) in [5.41, 5.74) is 1.29. The fourth-order valence-electron chi connectivity index (χ4n) is 3.14. The molecule has 0 aliphatic heterocycles. The van der Waals surface area contributed by atoms with E-state index in [0.29, 0.717) is 6.04 Å². The molecular weight excluding hydrogens is 290 g/mol. The van der Waals surface area contributed by atoms with Crippen molar-refractivity contribution in [2.45, 2.75) is 52.0 Å². The maximum absolute atomic E-state index is 5.42. The normalized spacial score (nSPS) is 26.2. The van der Waals surface area contributed by atoms with Gasteiger partial charge in [-0.2, -0.15) is 0 Å². The Morgan fingerprint density at radius 3 is 2.94 bits per heavy atom. The summed E-state index contributed by atoms with van der Waals surface area (Å²) in [6.45, 7) is 5.68. The van der Waals surface area contributed by atoms with Crippen molar-refractivity contribution in [2.24, 2.45) is 11.8 Å². The van der Waals surface area contributed by atoms with Gasteiger partial charge in [0, 0.05) is 11.6 Å². The van der Waals surface area contributed by atoms with Gasteiger partial charge in [-0.1, -0.05) is 26.7 Å². The lowest BCUT2D eigenvalue weighted by molar-refractivity contribution is 0.222. The van der Waals surface area contributed by atoms with Gasteiger partial charge in [0.2, 0.25) is 0 Å². The van der Waals surface area contributed by atoms with Crippen LogP contribution in [0.1, 0.15) is 57.6 Å². The smallest absolute Gasteiger partial charge is 0.173 e. The highest BCUT2D eigenvalue weighted by Gasteiger charge is 2.29. The van der Waals surface area contributed by atoms with Crippen molar-refractivity contribution in [1.82, 2.24) is 5.32 Å². The van der Waals surface area contributed by atoms with Crippen LogP contribution < -0.4 is 5.32 Å². The van der Waals surface area contributed by atoms with Crippen LogP contribution in [0.5, 0.6) is 0 Å². The molecule has 1 saturated carbocycles. The molecule has 1 heterocycles. The molecule has 18 heavy (non-hydrogen) atoms. The number of nitrogens with one attached hydrogen (secondary N) is 1. The van der Waals surface area contributed by atoms with Crippen molar-refractivity contribution in [3.63, 3.8) is 0 Å². The van der Waals surface area contributed by atoms with Gasteiger partial charge >= 0.3 is 0 Å². The summed E-state index contributed by atoms with van der Waals surface area (Å²) in [6, 6.07) is 2.55. The molecule has 2 nitrogen and oxygen atoms in total. The molecule has 0 amide bonds. The van der Waals surface area contributed by atoms with Gasteiger partial charge in [-0.05, 0) is 59.6 Å². The van der Waals surface area contributed by atoms with E-state index in [1.54, 1.807) is 6.26 Å².